The van der Waals surface area contributed by atoms with Crippen LogP contribution in [0, 0.1) is 15.9 Å². The Balaban J connectivity index is 2.28. The van der Waals surface area contributed by atoms with Gasteiger partial charge in [-0.2, -0.15) is 0 Å². The number of non-ortho nitro benzene ring substituents is 1. The molecule has 2 aromatic rings. The van der Waals surface area contributed by atoms with E-state index in [-0.39, 0.29) is 11.3 Å². The van der Waals surface area contributed by atoms with E-state index in [1.54, 1.807) is 32.2 Å². The lowest BCUT2D eigenvalue weighted by atomic mass is 10.1. The van der Waals surface area contributed by atoms with Crippen LogP contribution in [0.25, 0.3) is 0 Å². The first kappa shape index (κ1) is 16.4. The van der Waals surface area contributed by atoms with E-state index in [9.17, 15) is 19.3 Å². The molecule has 2 rings (SSSR count). The number of nitro benzene ring substituents is 1. The largest absolute Gasteiger partial charge is 0.387 e. The van der Waals surface area contributed by atoms with Gasteiger partial charge in [-0.25, -0.2) is 4.39 Å². The molecule has 0 saturated carbocycles. The fourth-order valence-corrected chi connectivity index (χ4v) is 2.23. The fourth-order valence-electron chi connectivity index (χ4n) is 2.23. The van der Waals surface area contributed by atoms with Crippen molar-refractivity contribution in [3.63, 3.8) is 0 Å². The Labute approximate surface area is 132 Å². The summed E-state index contributed by atoms with van der Waals surface area (Å²) in [6, 6.07) is 9.50. The molecule has 0 radical (unpaired) electrons. The maximum Gasteiger partial charge on any atom is 0.270 e. The number of halogens is 1. The molecule has 23 heavy (non-hydrogen) atoms. The molecule has 0 saturated heterocycles. The summed E-state index contributed by atoms with van der Waals surface area (Å²) >= 11 is 0. The minimum absolute atomic E-state index is 0.130. The normalized spacial score (nSPS) is 11.6. The van der Waals surface area contributed by atoms with Crippen LogP contribution in [0.15, 0.2) is 42.5 Å². The molecule has 0 spiro atoms. The minimum atomic E-state index is -0.576. The molecule has 0 aromatic heterocycles. The van der Waals surface area contributed by atoms with Crippen molar-refractivity contribution in [1.29, 1.82) is 0 Å². The average Bonchev–Trinajstić information content (AvgIpc) is 2.54. The summed E-state index contributed by atoms with van der Waals surface area (Å²) in [4.78, 5) is 22.7. The van der Waals surface area contributed by atoms with Crippen molar-refractivity contribution in [2.24, 2.45) is 0 Å². The molecule has 1 unspecified atom stereocenters. The molecular weight excluding hydrogens is 301 g/mol. The maximum absolute atomic E-state index is 13.8. The summed E-state index contributed by atoms with van der Waals surface area (Å²) in [7, 11) is 1.61. The Morgan fingerprint density at radius 2 is 1.96 bits per heavy atom. The van der Waals surface area contributed by atoms with Gasteiger partial charge in [-0.05, 0) is 19.1 Å². The fraction of sp³-hybridized carbons (Fsp3) is 0.188. The SMILES string of the molecule is CNc1ccc([N+](=O)[O-])cc1C(=O)NC(C)c1ccccc1F. The van der Waals surface area contributed by atoms with Crippen molar-refractivity contribution in [2.75, 3.05) is 12.4 Å². The highest BCUT2D eigenvalue weighted by Gasteiger charge is 2.19. The zero-order chi connectivity index (χ0) is 17.0. The van der Waals surface area contributed by atoms with Gasteiger partial charge >= 0.3 is 0 Å². The van der Waals surface area contributed by atoms with Gasteiger partial charge in [-0.15, -0.1) is 0 Å². The van der Waals surface area contributed by atoms with Gasteiger partial charge < -0.3 is 10.6 Å². The Hall–Kier alpha value is -2.96. The summed E-state index contributed by atoms with van der Waals surface area (Å²) in [6.45, 7) is 1.65. The second-order valence-electron chi connectivity index (χ2n) is 4.95. The highest BCUT2D eigenvalue weighted by atomic mass is 19.1. The van der Waals surface area contributed by atoms with Gasteiger partial charge in [-0.1, -0.05) is 18.2 Å². The van der Waals surface area contributed by atoms with Crippen LogP contribution < -0.4 is 10.6 Å². The number of rotatable bonds is 5. The van der Waals surface area contributed by atoms with Gasteiger partial charge in [0.1, 0.15) is 5.82 Å². The molecule has 1 amide bonds. The van der Waals surface area contributed by atoms with Crippen molar-refractivity contribution in [2.45, 2.75) is 13.0 Å². The third-order valence-electron chi connectivity index (χ3n) is 3.45. The van der Waals surface area contributed by atoms with E-state index in [0.29, 0.717) is 11.3 Å². The Morgan fingerprint density at radius 3 is 2.57 bits per heavy atom. The van der Waals surface area contributed by atoms with Crippen LogP contribution in [0.4, 0.5) is 15.8 Å². The van der Waals surface area contributed by atoms with Crippen LogP contribution in [0.5, 0.6) is 0 Å². The lowest BCUT2D eigenvalue weighted by Crippen LogP contribution is -2.28. The van der Waals surface area contributed by atoms with E-state index in [1.165, 1.54) is 24.3 Å². The number of nitrogens with zero attached hydrogens (tertiary/aromatic N) is 1. The predicted molar refractivity (Wildman–Crippen MR) is 84.9 cm³/mol. The third kappa shape index (κ3) is 3.63. The molecule has 120 valence electrons. The molecule has 6 nitrogen and oxygen atoms in total. The van der Waals surface area contributed by atoms with Crippen molar-refractivity contribution < 1.29 is 14.1 Å². The number of benzene rings is 2. The molecule has 1 atom stereocenters. The molecule has 2 aromatic carbocycles. The van der Waals surface area contributed by atoms with Crippen LogP contribution in [-0.4, -0.2) is 17.9 Å². The van der Waals surface area contributed by atoms with Gasteiger partial charge in [-0.3, -0.25) is 14.9 Å². The number of nitro groups is 1. The van der Waals surface area contributed by atoms with E-state index in [0.717, 1.165) is 0 Å². The van der Waals surface area contributed by atoms with Gasteiger partial charge in [0.25, 0.3) is 11.6 Å². The van der Waals surface area contributed by atoms with Crippen LogP contribution in [0.3, 0.4) is 0 Å². The number of carbonyl (C=O) groups is 1. The lowest BCUT2D eigenvalue weighted by molar-refractivity contribution is -0.384. The van der Waals surface area contributed by atoms with E-state index >= 15 is 0 Å². The van der Waals surface area contributed by atoms with Crippen LogP contribution in [0.2, 0.25) is 0 Å². The quantitative estimate of drug-likeness (QED) is 0.655. The Kier molecular flexibility index (Phi) is 4.90. The molecule has 0 aliphatic carbocycles. The van der Waals surface area contributed by atoms with Gasteiger partial charge in [0.2, 0.25) is 0 Å². The molecule has 0 fully saturated rings. The maximum atomic E-state index is 13.8. The number of carbonyl (C=O) groups excluding carboxylic acids is 1. The van der Waals surface area contributed by atoms with Crippen molar-refractivity contribution in [3.8, 4) is 0 Å². The predicted octanol–water partition coefficient (Wildman–Crippen LogP) is 3.27. The molecule has 0 aliphatic heterocycles. The summed E-state index contributed by atoms with van der Waals surface area (Å²) in [5.41, 5.74) is 0.740. The second kappa shape index (κ2) is 6.87. The molecule has 2 N–H and O–H groups in total. The Morgan fingerprint density at radius 1 is 1.26 bits per heavy atom. The molecule has 0 bridgehead atoms. The topological polar surface area (TPSA) is 84.3 Å². The lowest BCUT2D eigenvalue weighted by Gasteiger charge is -2.16. The summed E-state index contributed by atoms with van der Waals surface area (Å²) < 4.78 is 13.8. The van der Waals surface area contributed by atoms with E-state index in [1.807, 2.05) is 0 Å². The van der Waals surface area contributed by atoms with Crippen LogP contribution in [0.1, 0.15) is 28.9 Å². The highest BCUT2D eigenvalue weighted by molar-refractivity contribution is 6.00. The highest BCUT2D eigenvalue weighted by Crippen LogP contribution is 2.23. The standard InChI is InChI=1S/C16H16FN3O3/c1-10(12-5-3-4-6-14(12)17)19-16(21)13-9-11(20(22)23)7-8-15(13)18-2/h3-10,18H,1-2H3,(H,19,21). The molecular formula is C16H16FN3O3. The first-order chi connectivity index (χ1) is 10.9. The Bertz CT molecular complexity index is 749. The number of anilines is 1. The van der Waals surface area contributed by atoms with Gasteiger partial charge in [0.05, 0.1) is 16.5 Å². The van der Waals surface area contributed by atoms with Gasteiger partial charge in [0, 0.05) is 30.4 Å². The molecule has 0 heterocycles. The number of hydrogen-bond donors (Lipinski definition) is 2. The minimum Gasteiger partial charge on any atom is -0.387 e. The zero-order valence-corrected chi connectivity index (χ0v) is 12.7. The van der Waals surface area contributed by atoms with E-state index in [4.69, 9.17) is 0 Å². The average molecular weight is 317 g/mol. The number of amides is 1. The third-order valence-corrected chi connectivity index (χ3v) is 3.45. The first-order valence-corrected chi connectivity index (χ1v) is 6.95. The monoisotopic (exact) mass is 317 g/mol. The van der Waals surface area contributed by atoms with Gasteiger partial charge in [0.15, 0.2) is 0 Å². The summed E-state index contributed by atoms with van der Waals surface area (Å²) in [6.07, 6.45) is 0. The van der Waals surface area contributed by atoms with E-state index in [2.05, 4.69) is 10.6 Å². The molecule has 7 heteroatoms. The summed E-state index contributed by atoms with van der Waals surface area (Å²) in [5, 5.41) is 16.3. The van der Waals surface area contributed by atoms with E-state index < -0.39 is 22.7 Å². The number of hydrogen-bond acceptors (Lipinski definition) is 4. The first-order valence-electron chi connectivity index (χ1n) is 6.95. The zero-order valence-electron chi connectivity index (χ0n) is 12.7. The van der Waals surface area contributed by atoms with Crippen molar-refractivity contribution in [3.05, 3.63) is 69.5 Å². The van der Waals surface area contributed by atoms with Crippen molar-refractivity contribution in [1.82, 2.24) is 5.32 Å². The second-order valence-corrected chi connectivity index (χ2v) is 4.95. The van der Waals surface area contributed by atoms with Crippen molar-refractivity contribution >= 4 is 17.3 Å². The number of nitrogens with one attached hydrogen (secondary N) is 2. The van der Waals surface area contributed by atoms with Crippen LogP contribution >= 0.6 is 0 Å². The van der Waals surface area contributed by atoms with Crippen LogP contribution in [-0.2, 0) is 0 Å². The molecule has 0 aliphatic rings. The smallest absolute Gasteiger partial charge is 0.270 e. The summed E-state index contributed by atoms with van der Waals surface area (Å²) in [5.74, 6) is -0.943.